The van der Waals surface area contributed by atoms with E-state index >= 15 is 0 Å². The predicted octanol–water partition coefficient (Wildman–Crippen LogP) is 1.50. The van der Waals surface area contributed by atoms with Crippen LogP contribution in [0.5, 0.6) is 0 Å². The van der Waals surface area contributed by atoms with Gasteiger partial charge in [0.25, 0.3) is 0 Å². The van der Waals surface area contributed by atoms with Crippen LogP contribution < -0.4 is 0 Å². The van der Waals surface area contributed by atoms with Crippen molar-refractivity contribution in [3.63, 3.8) is 0 Å². The third kappa shape index (κ3) is 2.90. The van der Waals surface area contributed by atoms with Gasteiger partial charge in [0.05, 0.1) is 19.3 Å². The molecule has 3 heteroatoms. The summed E-state index contributed by atoms with van der Waals surface area (Å²) in [6.45, 7) is 5.71. The summed E-state index contributed by atoms with van der Waals surface area (Å²) in [6, 6.07) is 0. The highest BCUT2D eigenvalue weighted by atomic mass is 32.2. The quantitative estimate of drug-likeness (QED) is 0.626. The van der Waals surface area contributed by atoms with Crippen LogP contribution in [0.3, 0.4) is 0 Å². The molecule has 0 aliphatic carbocycles. The van der Waals surface area contributed by atoms with Crippen LogP contribution in [-0.4, -0.2) is 30.5 Å². The molecule has 0 aromatic heterocycles. The van der Waals surface area contributed by atoms with E-state index in [2.05, 4.69) is 0 Å². The van der Waals surface area contributed by atoms with Crippen molar-refractivity contribution in [3.05, 3.63) is 0 Å². The lowest BCUT2D eigenvalue weighted by Crippen LogP contribution is -2.14. The van der Waals surface area contributed by atoms with Crippen molar-refractivity contribution in [2.45, 2.75) is 25.4 Å². The molecule has 1 rings (SSSR count). The third-order valence-corrected chi connectivity index (χ3v) is 2.30. The summed E-state index contributed by atoms with van der Waals surface area (Å²) >= 11 is 1.84. The van der Waals surface area contributed by atoms with Crippen molar-refractivity contribution >= 4 is 11.8 Å². The Kier molecular flexibility index (Phi) is 3.52. The maximum Gasteiger partial charge on any atom is 0.126 e. The Morgan fingerprint density at radius 1 is 1.70 bits per heavy atom. The molecular weight excluding hydrogens is 148 g/mol. The fraction of sp³-hybridized carbons (Fsp3) is 1.00. The van der Waals surface area contributed by atoms with Crippen molar-refractivity contribution in [1.29, 1.82) is 0 Å². The van der Waals surface area contributed by atoms with Crippen LogP contribution in [0.1, 0.15) is 13.8 Å². The van der Waals surface area contributed by atoms with Crippen molar-refractivity contribution in [1.82, 2.24) is 0 Å². The minimum atomic E-state index is 0.294. The smallest absolute Gasteiger partial charge is 0.126 e. The van der Waals surface area contributed by atoms with Gasteiger partial charge in [0.1, 0.15) is 5.44 Å². The Hall–Kier alpha value is 0.270. The third-order valence-electron chi connectivity index (χ3n) is 1.26. The minimum absolute atomic E-state index is 0.294. The van der Waals surface area contributed by atoms with Crippen molar-refractivity contribution in [2.24, 2.45) is 0 Å². The number of rotatable bonds is 3. The zero-order valence-electron chi connectivity index (χ0n) is 6.50. The van der Waals surface area contributed by atoms with Gasteiger partial charge in [0.15, 0.2) is 0 Å². The highest BCUT2D eigenvalue weighted by molar-refractivity contribution is 8.00. The van der Waals surface area contributed by atoms with Crippen molar-refractivity contribution in [3.8, 4) is 0 Å². The topological polar surface area (TPSA) is 18.5 Å². The van der Waals surface area contributed by atoms with E-state index in [9.17, 15) is 0 Å². The molecule has 0 aromatic rings. The first kappa shape index (κ1) is 8.37. The molecule has 1 saturated heterocycles. The summed E-state index contributed by atoms with van der Waals surface area (Å²) < 4.78 is 10.7. The van der Waals surface area contributed by atoms with Gasteiger partial charge >= 0.3 is 0 Å². The largest absolute Gasteiger partial charge is 0.375 e. The van der Waals surface area contributed by atoms with E-state index in [4.69, 9.17) is 9.47 Å². The average Bonchev–Trinajstić information content (AvgIpc) is 2.34. The van der Waals surface area contributed by atoms with Crippen LogP contribution in [-0.2, 0) is 9.47 Å². The molecule has 2 nitrogen and oxygen atoms in total. The van der Waals surface area contributed by atoms with Crippen LogP contribution in [0.15, 0.2) is 0 Å². The highest BCUT2D eigenvalue weighted by Gasteiger charge is 2.15. The Morgan fingerprint density at radius 3 is 3.00 bits per heavy atom. The van der Waals surface area contributed by atoms with Crippen LogP contribution in [0.4, 0.5) is 0 Å². The summed E-state index contributed by atoms with van der Waals surface area (Å²) in [5.41, 5.74) is 0.294. The maximum atomic E-state index is 5.38. The van der Waals surface area contributed by atoms with E-state index in [0.717, 1.165) is 19.0 Å². The van der Waals surface area contributed by atoms with E-state index < -0.39 is 0 Å². The molecule has 1 aliphatic heterocycles. The molecule has 0 saturated carbocycles. The summed E-state index contributed by atoms with van der Waals surface area (Å²) in [5, 5.41) is 0. The van der Waals surface area contributed by atoms with Gasteiger partial charge in [-0.2, -0.15) is 0 Å². The fourth-order valence-corrected chi connectivity index (χ4v) is 1.60. The lowest BCUT2D eigenvalue weighted by atomic mass is 10.5. The van der Waals surface area contributed by atoms with E-state index in [1.54, 1.807) is 0 Å². The van der Waals surface area contributed by atoms with Crippen LogP contribution >= 0.6 is 11.8 Å². The summed E-state index contributed by atoms with van der Waals surface area (Å²) in [4.78, 5) is 0. The molecule has 1 fully saturated rings. The monoisotopic (exact) mass is 162 g/mol. The Labute approximate surface area is 66.3 Å². The molecule has 60 valence electrons. The van der Waals surface area contributed by atoms with E-state index in [0.29, 0.717) is 11.5 Å². The molecule has 10 heavy (non-hydrogen) atoms. The minimum Gasteiger partial charge on any atom is -0.375 e. The van der Waals surface area contributed by atoms with Crippen molar-refractivity contribution in [2.75, 3.05) is 19.0 Å². The van der Waals surface area contributed by atoms with Crippen molar-refractivity contribution < 1.29 is 9.47 Å². The number of thioether (sulfide) groups is 1. The molecular formula is C7H14O2S. The Balaban J connectivity index is 2.01. The predicted molar refractivity (Wildman–Crippen MR) is 43.3 cm³/mol. The zero-order valence-corrected chi connectivity index (χ0v) is 7.32. The van der Waals surface area contributed by atoms with Crippen LogP contribution in [0, 0.1) is 0 Å². The molecule has 0 unspecified atom stereocenters. The molecule has 0 spiro atoms. The molecule has 0 radical (unpaired) electrons. The summed E-state index contributed by atoms with van der Waals surface area (Å²) in [6.07, 6.45) is 0.324. The molecule has 1 aliphatic rings. The molecule has 1 atom stereocenters. The second-order valence-electron chi connectivity index (χ2n) is 2.55. The van der Waals surface area contributed by atoms with Gasteiger partial charge in [-0.25, -0.2) is 0 Å². The SMILES string of the molecule is CC(C)OC[C@@H]1OCCS1. The number of hydrogen-bond acceptors (Lipinski definition) is 3. The van der Waals surface area contributed by atoms with Gasteiger partial charge in [0.2, 0.25) is 0 Å². The van der Waals surface area contributed by atoms with Gasteiger partial charge in [-0.05, 0) is 13.8 Å². The first-order chi connectivity index (χ1) is 4.79. The molecule has 1 heterocycles. The zero-order chi connectivity index (χ0) is 7.40. The maximum absolute atomic E-state index is 5.38. The normalized spacial score (nSPS) is 26.1. The van der Waals surface area contributed by atoms with Gasteiger partial charge in [-0.1, -0.05) is 0 Å². The van der Waals surface area contributed by atoms with Gasteiger partial charge < -0.3 is 9.47 Å². The van der Waals surface area contributed by atoms with Gasteiger partial charge in [0, 0.05) is 5.75 Å². The first-order valence-electron chi connectivity index (χ1n) is 3.64. The second kappa shape index (κ2) is 4.21. The van der Waals surface area contributed by atoms with Gasteiger partial charge in [-0.3, -0.25) is 0 Å². The summed E-state index contributed by atoms with van der Waals surface area (Å²) in [7, 11) is 0. The van der Waals surface area contributed by atoms with E-state index in [1.807, 2.05) is 25.6 Å². The fourth-order valence-electron chi connectivity index (χ4n) is 0.774. The Morgan fingerprint density at radius 2 is 2.50 bits per heavy atom. The second-order valence-corrected chi connectivity index (χ2v) is 3.82. The molecule has 0 N–H and O–H groups in total. The average molecular weight is 162 g/mol. The van der Waals surface area contributed by atoms with E-state index in [1.165, 1.54) is 0 Å². The van der Waals surface area contributed by atoms with Crippen LogP contribution in [0.25, 0.3) is 0 Å². The molecule has 0 amide bonds. The Bertz CT molecular complexity index is 89.6. The highest BCUT2D eigenvalue weighted by Crippen LogP contribution is 2.19. The van der Waals surface area contributed by atoms with E-state index in [-0.39, 0.29) is 0 Å². The first-order valence-corrected chi connectivity index (χ1v) is 4.68. The standard InChI is InChI=1S/C7H14O2S/c1-6(2)9-5-7-8-3-4-10-7/h6-7H,3-5H2,1-2H3/t7-/m1/s1. The molecule has 0 aromatic carbocycles. The van der Waals surface area contributed by atoms with Crippen LogP contribution in [0.2, 0.25) is 0 Å². The molecule has 0 bridgehead atoms. The van der Waals surface area contributed by atoms with Gasteiger partial charge in [-0.15, -0.1) is 11.8 Å². The number of hydrogen-bond donors (Lipinski definition) is 0. The number of ether oxygens (including phenoxy) is 2. The lowest BCUT2D eigenvalue weighted by Gasteiger charge is -2.11. The summed E-state index contributed by atoms with van der Waals surface area (Å²) in [5.74, 6) is 1.12. The lowest BCUT2D eigenvalue weighted by molar-refractivity contribution is 0.0151.